The van der Waals surface area contributed by atoms with Crippen molar-refractivity contribution in [2.75, 3.05) is 6.61 Å². The minimum atomic E-state index is -1.02. The van der Waals surface area contributed by atoms with E-state index in [1.165, 1.54) is 12.0 Å². The van der Waals surface area contributed by atoms with Crippen molar-refractivity contribution in [1.82, 2.24) is 0 Å². The maximum Gasteiger partial charge on any atom is 0.0901 e. The zero-order valence-electron chi connectivity index (χ0n) is 21.8. The quantitative estimate of drug-likeness (QED) is 0.383. The molecule has 0 heterocycles. The predicted octanol–water partition coefficient (Wildman–Crippen LogP) is 4.83. The van der Waals surface area contributed by atoms with Gasteiger partial charge in [-0.15, -0.1) is 0 Å². The molecule has 0 bridgehead atoms. The molecule has 3 fully saturated rings. The van der Waals surface area contributed by atoms with Gasteiger partial charge in [0.2, 0.25) is 0 Å². The first-order valence-electron chi connectivity index (χ1n) is 13.5. The molecule has 3 rings (SSSR count). The monoisotopic (exact) mass is 476 g/mol. The van der Waals surface area contributed by atoms with Gasteiger partial charge < -0.3 is 25.2 Å². The molecule has 1 unspecified atom stereocenters. The molecule has 0 amide bonds. The number of aliphatic hydroxyl groups excluding tert-OH is 3. The van der Waals surface area contributed by atoms with Gasteiger partial charge in [-0.3, -0.25) is 0 Å². The Morgan fingerprint density at radius 3 is 2.59 bits per heavy atom. The van der Waals surface area contributed by atoms with E-state index in [9.17, 15) is 20.4 Å². The molecule has 0 radical (unpaired) electrons. The molecule has 4 N–H and O–H groups in total. The average Bonchev–Trinajstić information content (AvgIpc) is 3.17. The molecule has 3 saturated carbocycles. The molecular weight excluding hydrogens is 428 g/mol. The zero-order valence-corrected chi connectivity index (χ0v) is 21.8. The number of hydrogen-bond donors (Lipinski definition) is 4. The van der Waals surface area contributed by atoms with E-state index in [0.717, 1.165) is 36.8 Å². The number of rotatable bonds is 9. The van der Waals surface area contributed by atoms with Gasteiger partial charge in [-0.05, 0) is 93.1 Å². The van der Waals surface area contributed by atoms with Gasteiger partial charge in [0.05, 0.1) is 30.0 Å². The summed E-state index contributed by atoms with van der Waals surface area (Å²) in [6, 6.07) is 0. The zero-order chi connectivity index (χ0) is 25.1. The van der Waals surface area contributed by atoms with Crippen molar-refractivity contribution in [3.05, 3.63) is 35.5 Å². The molecule has 3 aliphatic rings. The fraction of sp³-hybridized carbons (Fsp3) is 0.793. The van der Waals surface area contributed by atoms with Gasteiger partial charge in [0.25, 0.3) is 0 Å². The van der Waals surface area contributed by atoms with Crippen molar-refractivity contribution in [1.29, 1.82) is 0 Å². The average molecular weight is 477 g/mol. The van der Waals surface area contributed by atoms with E-state index in [0.29, 0.717) is 50.5 Å². The van der Waals surface area contributed by atoms with Crippen LogP contribution in [0.5, 0.6) is 0 Å². The molecule has 3 aliphatic carbocycles. The van der Waals surface area contributed by atoms with Crippen molar-refractivity contribution in [2.45, 2.75) is 122 Å². The molecule has 5 nitrogen and oxygen atoms in total. The Balaban J connectivity index is 1.64. The normalized spacial score (nSPS) is 36.6. The van der Waals surface area contributed by atoms with Crippen LogP contribution in [0.25, 0.3) is 0 Å². The van der Waals surface area contributed by atoms with Crippen molar-refractivity contribution in [3.63, 3.8) is 0 Å². The SMILES string of the molecule is C=C1/C(=C\C=C2/CCC[C@]3(C)[C@@H]([C@H](C)OCCC(O)C(O)(CC)CC)CC[C@@H]23)C[C@@H](O)C[C@@H]1O. The van der Waals surface area contributed by atoms with E-state index >= 15 is 0 Å². The van der Waals surface area contributed by atoms with Gasteiger partial charge in [-0.25, -0.2) is 0 Å². The van der Waals surface area contributed by atoms with E-state index in [4.69, 9.17) is 4.74 Å². The number of hydrogen-bond acceptors (Lipinski definition) is 5. The molecule has 0 spiro atoms. The molecular formula is C29H48O5. The number of aliphatic hydroxyl groups is 4. The van der Waals surface area contributed by atoms with Crippen molar-refractivity contribution < 1.29 is 25.2 Å². The molecule has 0 aromatic rings. The fourth-order valence-electron chi connectivity index (χ4n) is 6.99. The third-order valence-corrected chi connectivity index (χ3v) is 9.49. The van der Waals surface area contributed by atoms with E-state index in [1.807, 2.05) is 13.8 Å². The van der Waals surface area contributed by atoms with Crippen LogP contribution in [0.4, 0.5) is 0 Å². The van der Waals surface area contributed by atoms with Gasteiger partial charge in [-0.1, -0.05) is 45.1 Å². The second kappa shape index (κ2) is 11.4. The molecule has 7 atom stereocenters. The highest BCUT2D eigenvalue weighted by molar-refractivity contribution is 5.38. The number of fused-ring (bicyclic) bond motifs is 1. The summed E-state index contributed by atoms with van der Waals surface area (Å²) in [7, 11) is 0. The first-order valence-corrected chi connectivity index (χ1v) is 13.5. The molecule has 0 aliphatic heterocycles. The number of allylic oxidation sites excluding steroid dienone is 3. The van der Waals surface area contributed by atoms with Crippen LogP contribution in [0.2, 0.25) is 0 Å². The highest BCUT2D eigenvalue weighted by Gasteiger charge is 2.51. The predicted molar refractivity (Wildman–Crippen MR) is 136 cm³/mol. The molecule has 34 heavy (non-hydrogen) atoms. The minimum absolute atomic E-state index is 0.111. The molecule has 5 heteroatoms. The van der Waals surface area contributed by atoms with Gasteiger partial charge in [0.1, 0.15) is 0 Å². The smallest absolute Gasteiger partial charge is 0.0901 e. The lowest BCUT2D eigenvalue weighted by Crippen LogP contribution is -2.42. The summed E-state index contributed by atoms with van der Waals surface area (Å²) >= 11 is 0. The van der Waals surface area contributed by atoms with E-state index in [-0.39, 0.29) is 11.5 Å². The summed E-state index contributed by atoms with van der Waals surface area (Å²) < 4.78 is 6.25. The standard InChI is InChI=1S/C29H48O5/c1-6-29(33,7-2)27(32)14-16-34-20(4)24-12-13-25-21(9-8-15-28(24,25)5)10-11-22-17-23(30)18-26(31)19(22)3/h10-11,20,23-27,30-33H,3,6-9,12-18H2,1-2,4-5H3/b21-10+,22-11-/t20-,23+,24+,25-,26-,27?,28+/m0/s1. The first kappa shape index (κ1) is 27.6. The van der Waals surface area contributed by atoms with E-state index in [2.05, 4.69) is 32.6 Å². The highest BCUT2D eigenvalue weighted by atomic mass is 16.5. The maximum absolute atomic E-state index is 10.5. The Morgan fingerprint density at radius 1 is 1.21 bits per heavy atom. The third kappa shape index (κ3) is 5.70. The topological polar surface area (TPSA) is 90.2 Å². The van der Waals surface area contributed by atoms with Crippen LogP contribution in [-0.2, 0) is 4.74 Å². The van der Waals surface area contributed by atoms with Crippen LogP contribution in [0.15, 0.2) is 35.5 Å². The lowest BCUT2D eigenvalue weighted by molar-refractivity contribution is -0.0997. The van der Waals surface area contributed by atoms with Gasteiger partial charge >= 0.3 is 0 Å². The summed E-state index contributed by atoms with van der Waals surface area (Å²) in [6.07, 6.45) is 10.8. The maximum atomic E-state index is 10.5. The van der Waals surface area contributed by atoms with Crippen LogP contribution in [0.3, 0.4) is 0 Å². The molecule has 0 aromatic carbocycles. The number of ether oxygens (including phenoxy) is 1. The summed E-state index contributed by atoms with van der Waals surface area (Å²) in [6.45, 7) is 12.9. The van der Waals surface area contributed by atoms with Crippen LogP contribution >= 0.6 is 0 Å². The summed E-state index contributed by atoms with van der Waals surface area (Å²) in [5, 5.41) is 41.2. The van der Waals surface area contributed by atoms with Crippen LogP contribution < -0.4 is 0 Å². The summed E-state index contributed by atoms with van der Waals surface area (Å²) in [4.78, 5) is 0. The molecule has 0 saturated heterocycles. The molecule has 0 aromatic heterocycles. The van der Waals surface area contributed by atoms with Crippen LogP contribution in [0.1, 0.15) is 91.9 Å². The van der Waals surface area contributed by atoms with Gasteiger partial charge in [-0.2, -0.15) is 0 Å². The Hall–Kier alpha value is -0.980. The Kier molecular flexibility index (Phi) is 9.24. The molecule has 194 valence electrons. The van der Waals surface area contributed by atoms with E-state index < -0.39 is 23.9 Å². The highest BCUT2D eigenvalue weighted by Crippen LogP contribution is 2.58. The second-order valence-electron chi connectivity index (χ2n) is 11.4. The Morgan fingerprint density at radius 2 is 1.91 bits per heavy atom. The first-order chi connectivity index (χ1) is 16.1. The second-order valence-corrected chi connectivity index (χ2v) is 11.4. The summed E-state index contributed by atoms with van der Waals surface area (Å²) in [5.41, 5.74) is 2.35. The van der Waals surface area contributed by atoms with Gasteiger partial charge in [0, 0.05) is 13.0 Å². The van der Waals surface area contributed by atoms with Crippen LogP contribution in [0, 0.1) is 17.3 Å². The van der Waals surface area contributed by atoms with Crippen molar-refractivity contribution in [3.8, 4) is 0 Å². The third-order valence-electron chi connectivity index (χ3n) is 9.49. The summed E-state index contributed by atoms with van der Waals surface area (Å²) in [5.74, 6) is 0.993. The fourth-order valence-corrected chi connectivity index (χ4v) is 6.99. The van der Waals surface area contributed by atoms with E-state index in [1.54, 1.807) is 0 Å². The lowest BCUT2D eigenvalue weighted by Gasteiger charge is -2.44. The van der Waals surface area contributed by atoms with Gasteiger partial charge in [0.15, 0.2) is 0 Å². The lowest BCUT2D eigenvalue weighted by atomic mass is 9.62. The van der Waals surface area contributed by atoms with Crippen molar-refractivity contribution >= 4 is 0 Å². The Labute approximate surface area is 206 Å². The largest absolute Gasteiger partial charge is 0.393 e. The minimum Gasteiger partial charge on any atom is -0.393 e. The Bertz CT molecular complexity index is 766. The van der Waals surface area contributed by atoms with Crippen molar-refractivity contribution in [2.24, 2.45) is 17.3 Å². The van der Waals surface area contributed by atoms with Crippen LogP contribution in [-0.4, -0.2) is 57.0 Å².